The Morgan fingerprint density at radius 3 is 2.74 bits per heavy atom. The fraction of sp³-hybridized carbons (Fsp3) is 0.444. The van der Waals surface area contributed by atoms with Crippen LogP contribution in [0, 0.1) is 0 Å². The van der Waals surface area contributed by atoms with E-state index in [9.17, 15) is 9.59 Å². The second-order valence-corrected chi connectivity index (χ2v) is 9.05. The zero-order valence-corrected chi connectivity index (χ0v) is 20.9. The molecule has 3 aromatic heterocycles. The molecule has 1 atom stereocenters. The molecule has 0 aliphatic heterocycles. The van der Waals surface area contributed by atoms with E-state index in [1.807, 2.05) is 41.0 Å². The fourth-order valence-electron chi connectivity index (χ4n) is 4.58. The molecule has 186 valence electrons. The molecule has 1 aromatic carbocycles. The molecule has 4 aromatic rings. The van der Waals surface area contributed by atoms with Crippen molar-refractivity contribution in [3.8, 4) is 0 Å². The standard InChI is InChI=1S/C27H35N5O3/c1-4-14-31-24-12-7-6-11-22(24)23-17-29-32(27(34)26(23)31)19-25(33)28-13-9-15-30(20(3)5-2)18-21-10-8-16-35-21/h6-8,10-12,16-17,20H,4-5,9,13-15,18-19H2,1-3H3,(H,28,33). The van der Waals surface area contributed by atoms with Crippen molar-refractivity contribution >= 4 is 27.7 Å². The summed E-state index contributed by atoms with van der Waals surface area (Å²) in [5.74, 6) is 0.730. The quantitative estimate of drug-likeness (QED) is 0.310. The first-order valence-electron chi connectivity index (χ1n) is 12.5. The van der Waals surface area contributed by atoms with Crippen molar-refractivity contribution in [2.24, 2.45) is 0 Å². The second kappa shape index (κ2) is 11.4. The average molecular weight is 478 g/mol. The van der Waals surface area contributed by atoms with Gasteiger partial charge in [0.15, 0.2) is 0 Å². The number of carbonyl (C=O) groups excluding carboxylic acids is 1. The third-order valence-corrected chi connectivity index (χ3v) is 6.61. The van der Waals surface area contributed by atoms with Gasteiger partial charge in [-0.05, 0) is 44.4 Å². The number of furan rings is 1. The van der Waals surface area contributed by atoms with Gasteiger partial charge >= 0.3 is 0 Å². The molecule has 0 fully saturated rings. The summed E-state index contributed by atoms with van der Waals surface area (Å²) >= 11 is 0. The van der Waals surface area contributed by atoms with E-state index in [0.29, 0.717) is 18.1 Å². The van der Waals surface area contributed by atoms with Crippen LogP contribution in [-0.4, -0.2) is 44.3 Å². The number of aryl methyl sites for hydroxylation is 1. The average Bonchev–Trinajstić information content (AvgIpc) is 3.49. The lowest BCUT2D eigenvalue weighted by atomic mass is 10.2. The second-order valence-electron chi connectivity index (χ2n) is 9.05. The van der Waals surface area contributed by atoms with E-state index in [0.717, 1.165) is 60.9 Å². The molecule has 0 spiro atoms. The van der Waals surface area contributed by atoms with Crippen molar-refractivity contribution < 1.29 is 9.21 Å². The highest BCUT2D eigenvalue weighted by Crippen LogP contribution is 2.26. The van der Waals surface area contributed by atoms with Crippen LogP contribution >= 0.6 is 0 Å². The lowest BCUT2D eigenvalue weighted by Gasteiger charge is -2.27. The molecule has 0 radical (unpaired) electrons. The normalized spacial score (nSPS) is 12.6. The monoisotopic (exact) mass is 477 g/mol. The molecule has 35 heavy (non-hydrogen) atoms. The van der Waals surface area contributed by atoms with Gasteiger partial charge in [-0.25, -0.2) is 4.68 Å². The summed E-state index contributed by atoms with van der Waals surface area (Å²) in [5.41, 5.74) is 1.40. The van der Waals surface area contributed by atoms with E-state index in [1.165, 1.54) is 4.68 Å². The molecule has 0 saturated heterocycles. The molecule has 0 aliphatic carbocycles. The van der Waals surface area contributed by atoms with E-state index in [2.05, 4.69) is 36.1 Å². The zero-order valence-electron chi connectivity index (χ0n) is 20.9. The van der Waals surface area contributed by atoms with E-state index < -0.39 is 0 Å². The topological polar surface area (TPSA) is 85.3 Å². The van der Waals surface area contributed by atoms with Gasteiger partial charge in [0.1, 0.15) is 17.8 Å². The summed E-state index contributed by atoms with van der Waals surface area (Å²) in [4.78, 5) is 28.3. The van der Waals surface area contributed by atoms with Gasteiger partial charge in [-0.15, -0.1) is 0 Å². The van der Waals surface area contributed by atoms with Gasteiger partial charge in [-0.2, -0.15) is 5.10 Å². The van der Waals surface area contributed by atoms with E-state index in [4.69, 9.17) is 4.42 Å². The number of nitrogens with zero attached hydrogens (tertiary/aromatic N) is 4. The zero-order chi connectivity index (χ0) is 24.8. The highest BCUT2D eigenvalue weighted by molar-refractivity contribution is 6.07. The van der Waals surface area contributed by atoms with Gasteiger partial charge in [0, 0.05) is 42.0 Å². The van der Waals surface area contributed by atoms with Crippen LogP contribution in [0.1, 0.15) is 45.8 Å². The van der Waals surface area contributed by atoms with Crippen molar-refractivity contribution in [2.75, 3.05) is 13.1 Å². The molecule has 0 aliphatic rings. The van der Waals surface area contributed by atoms with Crippen molar-refractivity contribution in [3.63, 3.8) is 0 Å². The van der Waals surface area contributed by atoms with Gasteiger partial charge in [0.2, 0.25) is 5.91 Å². The molecular weight excluding hydrogens is 442 g/mol. The third-order valence-electron chi connectivity index (χ3n) is 6.61. The van der Waals surface area contributed by atoms with Crippen molar-refractivity contribution in [3.05, 3.63) is 65.0 Å². The number of nitrogens with one attached hydrogen (secondary N) is 1. The van der Waals surface area contributed by atoms with Crippen LogP contribution in [0.15, 0.2) is 58.1 Å². The first-order chi connectivity index (χ1) is 17.0. The van der Waals surface area contributed by atoms with Gasteiger partial charge in [-0.1, -0.05) is 32.0 Å². The Balaban J connectivity index is 1.40. The summed E-state index contributed by atoms with van der Waals surface area (Å²) in [6, 6.07) is 12.3. The molecule has 1 N–H and O–H groups in total. The summed E-state index contributed by atoms with van der Waals surface area (Å²) in [5, 5.41) is 9.10. The number of rotatable bonds is 12. The summed E-state index contributed by atoms with van der Waals surface area (Å²) in [6.45, 7) is 9.24. The van der Waals surface area contributed by atoms with E-state index >= 15 is 0 Å². The highest BCUT2D eigenvalue weighted by atomic mass is 16.3. The molecule has 1 amide bonds. The predicted molar refractivity (Wildman–Crippen MR) is 138 cm³/mol. The number of hydrogen-bond acceptors (Lipinski definition) is 5. The summed E-state index contributed by atoms with van der Waals surface area (Å²) in [7, 11) is 0. The third kappa shape index (κ3) is 5.48. The van der Waals surface area contributed by atoms with Gasteiger partial charge in [0.05, 0.1) is 19.0 Å². The maximum absolute atomic E-state index is 13.3. The Morgan fingerprint density at radius 1 is 1.17 bits per heavy atom. The minimum absolute atomic E-state index is 0.0934. The lowest BCUT2D eigenvalue weighted by Crippen LogP contribution is -2.37. The van der Waals surface area contributed by atoms with Crippen molar-refractivity contribution in [1.29, 1.82) is 0 Å². The summed E-state index contributed by atoms with van der Waals surface area (Å²) in [6.07, 6.45) is 6.15. The van der Waals surface area contributed by atoms with Crippen molar-refractivity contribution in [2.45, 2.75) is 65.7 Å². The lowest BCUT2D eigenvalue weighted by molar-refractivity contribution is -0.121. The number of carbonyl (C=O) groups is 1. The van der Waals surface area contributed by atoms with E-state index in [-0.39, 0.29) is 18.0 Å². The molecule has 0 saturated carbocycles. The van der Waals surface area contributed by atoms with Crippen molar-refractivity contribution in [1.82, 2.24) is 24.6 Å². The number of benzene rings is 1. The Bertz CT molecular complexity index is 1320. The van der Waals surface area contributed by atoms with Gasteiger partial charge in [0.25, 0.3) is 5.56 Å². The summed E-state index contributed by atoms with van der Waals surface area (Å²) < 4.78 is 8.82. The minimum atomic E-state index is -0.233. The Hall–Kier alpha value is -3.39. The largest absolute Gasteiger partial charge is 0.468 e. The van der Waals surface area contributed by atoms with Crippen LogP contribution in [0.4, 0.5) is 0 Å². The molecular formula is C27H35N5O3. The van der Waals surface area contributed by atoms with Crippen LogP contribution in [0.3, 0.4) is 0 Å². The molecule has 8 heteroatoms. The number of aromatic nitrogens is 3. The predicted octanol–water partition coefficient (Wildman–Crippen LogP) is 4.16. The minimum Gasteiger partial charge on any atom is -0.468 e. The Labute approximate surface area is 205 Å². The maximum Gasteiger partial charge on any atom is 0.291 e. The SMILES string of the molecule is CCCn1c2ccccc2c2cnn(CC(=O)NCCCN(Cc3ccco3)C(C)CC)c(=O)c21. The van der Waals surface area contributed by atoms with Crippen LogP contribution in [-0.2, 0) is 24.4 Å². The van der Waals surface area contributed by atoms with Gasteiger partial charge < -0.3 is 14.3 Å². The number of para-hydroxylation sites is 1. The number of hydrogen-bond donors (Lipinski definition) is 1. The fourth-order valence-corrected chi connectivity index (χ4v) is 4.58. The maximum atomic E-state index is 13.3. The van der Waals surface area contributed by atoms with Crippen LogP contribution < -0.4 is 10.9 Å². The number of fused-ring (bicyclic) bond motifs is 3. The molecule has 0 bridgehead atoms. The molecule has 8 nitrogen and oxygen atoms in total. The van der Waals surface area contributed by atoms with Crippen LogP contribution in [0.25, 0.3) is 21.8 Å². The first-order valence-corrected chi connectivity index (χ1v) is 12.5. The Kier molecular flexibility index (Phi) is 8.02. The molecule has 1 unspecified atom stereocenters. The number of amides is 1. The first kappa shape index (κ1) is 24.7. The van der Waals surface area contributed by atoms with E-state index in [1.54, 1.807) is 12.5 Å². The van der Waals surface area contributed by atoms with Crippen LogP contribution in [0.2, 0.25) is 0 Å². The van der Waals surface area contributed by atoms with Gasteiger partial charge in [-0.3, -0.25) is 14.5 Å². The van der Waals surface area contributed by atoms with Crippen LogP contribution in [0.5, 0.6) is 0 Å². The molecule has 3 heterocycles. The molecule has 4 rings (SSSR count). The smallest absolute Gasteiger partial charge is 0.291 e. The Morgan fingerprint density at radius 2 is 2.00 bits per heavy atom. The highest BCUT2D eigenvalue weighted by Gasteiger charge is 2.17.